The fourth-order valence-corrected chi connectivity index (χ4v) is 1.97. The Morgan fingerprint density at radius 3 is 2.43 bits per heavy atom. The van der Waals surface area contributed by atoms with E-state index in [-0.39, 0.29) is 0 Å². The Bertz CT molecular complexity index is 144. The van der Waals surface area contributed by atoms with E-state index >= 15 is 0 Å². The van der Waals surface area contributed by atoms with Gasteiger partial charge in [0.2, 0.25) is 0 Å². The van der Waals surface area contributed by atoms with E-state index < -0.39 is 0 Å². The summed E-state index contributed by atoms with van der Waals surface area (Å²) in [4.78, 5) is 4.99. The minimum Gasteiger partial charge on any atom is -0.385 e. The fraction of sp³-hybridized carbons (Fsp3) is 1.00. The van der Waals surface area contributed by atoms with E-state index in [0.29, 0.717) is 0 Å². The van der Waals surface area contributed by atoms with E-state index in [9.17, 15) is 0 Å². The molecule has 3 nitrogen and oxygen atoms in total. The average Bonchev–Trinajstić information content (AvgIpc) is 2.19. The summed E-state index contributed by atoms with van der Waals surface area (Å²) in [6, 6.07) is 0.721. The Hall–Kier alpha value is -0.120. The third-order valence-corrected chi connectivity index (χ3v) is 3.13. The molecule has 0 aromatic carbocycles. The summed E-state index contributed by atoms with van der Waals surface area (Å²) in [6.45, 7) is 8.12. The highest BCUT2D eigenvalue weighted by Gasteiger charge is 2.18. The van der Waals surface area contributed by atoms with Gasteiger partial charge in [-0.3, -0.25) is 4.90 Å². The molecule has 0 saturated carbocycles. The van der Waals surface area contributed by atoms with Crippen molar-refractivity contribution in [1.29, 1.82) is 0 Å². The zero-order chi connectivity index (χ0) is 10.4. The van der Waals surface area contributed by atoms with Gasteiger partial charge >= 0.3 is 0 Å². The van der Waals surface area contributed by atoms with Crippen LogP contribution in [0.15, 0.2) is 0 Å². The first kappa shape index (κ1) is 12.0. The third kappa shape index (κ3) is 3.95. The summed E-state index contributed by atoms with van der Waals surface area (Å²) in [6.07, 6.45) is 2.45. The number of rotatable bonds is 5. The van der Waals surface area contributed by atoms with Crippen molar-refractivity contribution in [3.63, 3.8) is 0 Å². The Labute approximate surface area is 88.0 Å². The second kappa shape index (κ2) is 6.38. The average molecular weight is 200 g/mol. The molecule has 1 rings (SSSR count). The second-order valence-corrected chi connectivity index (χ2v) is 4.32. The van der Waals surface area contributed by atoms with Crippen LogP contribution in [-0.4, -0.2) is 62.8 Å². The molecule has 0 bridgehead atoms. The Morgan fingerprint density at radius 1 is 1.21 bits per heavy atom. The Morgan fingerprint density at radius 2 is 1.86 bits per heavy atom. The lowest BCUT2D eigenvalue weighted by molar-refractivity contribution is 0.106. The van der Waals surface area contributed by atoms with Crippen LogP contribution >= 0.6 is 0 Å². The van der Waals surface area contributed by atoms with Gasteiger partial charge in [0.05, 0.1) is 0 Å². The van der Waals surface area contributed by atoms with Crippen molar-refractivity contribution in [2.24, 2.45) is 0 Å². The number of hydrogen-bond donors (Lipinski definition) is 0. The molecule has 1 saturated heterocycles. The van der Waals surface area contributed by atoms with Crippen molar-refractivity contribution < 1.29 is 4.74 Å². The van der Waals surface area contributed by atoms with Crippen LogP contribution in [0.5, 0.6) is 0 Å². The van der Waals surface area contributed by atoms with Crippen molar-refractivity contribution >= 4 is 0 Å². The van der Waals surface area contributed by atoms with Gasteiger partial charge in [0.15, 0.2) is 0 Å². The monoisotopic (exact) mass is 200 g/mol. The Kier molecular flexibility index (Phi) is 5.45. The van der Waals surface area contributed by atoms with Crippen molar-refractivity contribution in [1.82, 2.24) is 9.80 Å². The highest BCUT2D eigenvalue weighted by Crippen LogP contribution is 2.09. The van der Waals surface area contributed by atoms with E-state index in [0.717, 1.165) is 12.6 Å². The number of ether oxygens (including phenoxy) is 1. The van der Waals surface area contributed by atoms with Gasteiger partial charge in [-0.25, -0.2) is 0 Å². The second-order valence-electron chi connectivity index (χ2n) is 4.32. The normalized spacial score (nSPS) is 22.5. The maximum Gasteiger partial charge on any atom is 0.0462 e. The molecule has 14 heavy (non-hydrogen) atoms. The van der Waals surface area contributed by atoms with E-state index in [4.69, 9.17) is 4.74 Å². The molecule has 0 N–H and O–H groups in total. The third-order valence-electron chi connectivity index (χ3n) is 3.13. The first-order valence-corrected chi connectivity index (χ1v) is 5.65. The number of likely N-dealkylation sites (N-methyl/N-ethyl adjacent to an activating group) is 1. The number of methoxy groups -OCH3 is 1. The molecular formula is C11H24N2O. The molecule has 0 radical (unpaired) electrons. The molecule has 1 fully saturated rings. The van der Waals surface area contributed by atoms with E-state index in [1.54, 1.807) is 7.11 Å². The molecule has 3 heteroatoms. The van der Waals surface area contributed by atoms with Crippen LogP contribution in [-0.2, 0) is 4.74 Å². The topological polar surface area (TPSA) is 15.7 Å². The molecule has 0 amide bonds. The van der Waals surface area contributed by atoms with Crippen LogP contribution in [0.2, 0.25) is 0 Å². The molecular weight excluding hydrogens is 176 g/mol. The van der Waals surface area contributed by atoms with E-state index in [2.05, 4.69) is 23.8 Å². The van der Waals surface area contributed by atoms with Crippen LogP contribution < -0.4 is 0 Å². The molecule has 0 aromatic heterocycles. The van der Waals surface area contributed by atoms with Gasteiger partial charge in [-0.2, -0.15) is 0 Å². The van der Waals surface area contributed by atoms with Gasteiger partial charge in [-0.05, 0) is 26.8 Å². The summed E-state index contributed by atoms with van der Waals surface area (Å²) >= 11 is 0. The first-order chi connectivity index (χ1) is 6.74. The predicted octanol–water partition coefficient (Wildman–Crippen LogP) is 1.05. The van der Waals surface area contributed by atoms with Crippen molar-refractivity contribution in [2.75, 3.05) is 46.9 Å². The highest BCUT2D eigenvalue weighted by molar-refractivity contribution is 4.74. The summed E-state index contributed by atoms with van der Waals surface area (Å²) in [5, 5.41) is 0. The molecule has 1 unspecified atom stereocenters. The Balaban J connectivity index is 2.13. The molecule has 1 aliphatic rings. The zero-order valence-corrected chi connectivity index (χ0v) is 9.83. The smallest absolute Gasteiger partial charge is 0.0462 e. The zero-order valence-electron chi connectivity index (χ0n) is 9.83. The van der Waals surface area contributed by atoms with Crippen LogP contribution in [0.1, 0.15) is 19.8 Å². The van der Waals surface area contributed by atoms with Crippen LogP contribution in [0, 0.1) is 0 Å². The molecule has 1 aliphatic heterocycles. The van der Waals surface area contributed by atoms with Crippen molar-refractivity contribution in [3.05, 3.63) is 0 Å². The van der Waals surface area contributed by atoms with Gasteiger partial charge in [-0.1, -0.05) is 0 Å². The minimum absolute atomic E-state index is 0.721. The molecule has 0 aliphatic carbocycles. The quantitative estimate of drug-likeness (QED) is 0.617. The highest BCUT2D eigenvalue weighted by atomic mass is 16.5. The van der Waals surface area contributed by atoms with Crippen LogP contribution in [0.4, 0.5) is 0 Å². The predicted molar refractivity (Wildman–Crippen MR) is 59.6 cm³/mol. The van der Waals surface area contributed by atoms with E-state index in [1.807, 2.05) is 0 Å². The molecule has 84 valence electrons. The summed E-state index contributed by atoms with van der Waals surface area (Å²) in [5.41, 5.74) is 0. The van der Waals surface area contributed by atoms with Crippen molar-refractivity contribution in [2.45, 2.75) is 25.8 Å². The van der Waals surface area contributed by atoms with Gasteiger partial charge in [0, 0.05) is 45.9 Å². The molecule has 0 spiro atoms. The lowest BCUT2D eigenvalue weighted by Gasteiger charge is -2.36. The standard InChI is InChI=1S/C11H24N2O/c1-11(5-4-10-14-3)13-8-6-12(2)7-9-13/h11H,4-10H2,1-3H3. The SMILES string of the molecule is COCCCC(C)N1CCN(C)CC1. The lowest BCUT2D eigenvalue weighted by atomic mass is 10.1. The van der Waals surface area contributed by atoms with Gasteiger partial charge < -0.3 is 9.64 Å². The maximum absolute atomic E-state index is 5.07. The first-order valence-electron chi connectivity index (χ1n) is 5.65. The summed E-state index contributed by atoms with van der Waals surface area (Å²) in [7, 11) is 3.98. The van der Waals surface area contributed by atoms with Crippen LogP contribution in [0.25, 0.3) is 0 Å². The van der Waals surface area contributed by atoms with Crippen LogP contribution in [0.3, 0.4) is 0 Å². The lowest BCUT2D eigenvalue weighted by Crippen LogP contribution is -2.48. The fourth-order valence-electron chi connectivity index (χ4n) is 1.97. The van der Waals surface area contributed by atoms with E-state index in [1.165, 1.54) is 39.0 Å². The van der Waals surface area contributed by atoms with Gasteiger partial charge in [-0.15, -0.1) is 0 Å². The van der Waals surface area contributed by atoms with Crippen molar-refractivity contribution in [3.8, 4) is 0 Å². The van der Waals surface area contributed by atoms with Gasteiger partial charge in [0.25, 0.3) is 0 Å². The largest absolute Gasteiger partial charge is 0.385 e. The minimum atomic E-state index is 0.721. The maximum atomic E-state index is 5.07. The summed E-state index contributed by atoms with van der Waals surface area (Å²) < 4.78 is 5.07. The van der Waals surface area contributed by atoms with Gasteiger partial charge in [0.1, 0.15) is 0 Å². The number of piperazine rings is 1. The molecule has 0 aromatic rings. The summed E-state index contributed by atoms with van der Waals surface area (Å²) in [5.74, 6) is 0. The molecule has 1 atom stereocenters. The number of nitrogens with zero attached hydrogens (tertiary/aromatic N) is 2. The molecule has 1 heterocycles. The number of hydrogen-bond acceptors (Lipinski definition) is 3.